The zero-order chi connectivity index (χ0) is 14.0. The summed E-state index contributed by atoms with van der Waals surface area (Å²) in [7, 11) is 0. The molecule has 0 saturated carbocycles. The molecule has 1 fully saturated rings. The minimum Gasteiger partial charge on any atom is -0.346 e. The van der Waals surface area contributed by atoms with Crippen LogP contribution in [0.3, 0.4) is 0 Å². The van der Waals surface area contributed by atoms with Gasteiger partial charge in [0, 0.05) is 43.6 Å². The predicted octanol–water partition coefficient (Wildman–Crippen LogP) is 2.26. The molecular formula is C14H26N4S. The van der Waals surface area contributed by atoms with Gasteiger partial charge in [0.15, 0.2) is 5.13 Å². The number of hydrogen-bond donors (Lipinski definition) is 1. The van der Waals surface area contributed by atoms with Gasteiger partial charge in [-0.2, -0.15) is 0 Å². The van der Waals surface area contributed by atoms with Crippen molar-refractivity contribution in [3.8, 4) is 0 Å². The molecule has 1 aromatic heterocycles. The molecule has 0 unspecified atom stereocenters. The highest BCUT2D eigenvalue weighted by Crippen LogP contribution is 2.31. The van der Waals surface area contributed by atoms with Gasteiger partial charge < -0.3 is 10.6 Å². The van der Waals surface area contributed by atoms with Crippen molar-refractivity contribution in [2.24, 2.45) is 5.73 Å². The lowest BCUT2D eigenvalue weighted by Gasteiger charge is -2.36. The molecule has 1 aromatic rings. The fourth-order valence-corrected chi connectivity index (χ4v) is 3.66. The molecule has 0 aliphatic carbocycles. The van der Waals surface area contributed by atoms with Crippen molar-refractivity contribution < 1.29 is 0 Å². The van der Waals surface area contributed by atoms with E-state index in [1.165, 1.54) is 10.6 Å². The number of piperazine rings is 1. The number of nitrogens with zero attached hydrogens (tertiary/aromatic N) is 3. The van der Waals surface area contributed by atoms with Crippen LogP contribution in [0.2, 0.25) is 0 Å². The molecule has 2 N–H and O–H groups in total. The molecule has 1 aliphatic rings. The van der Waals surface area contributed by atoms with E-state index in [1.807, 2.05) is 0 Å². The summed E-state index contributed by atoms with van der Waals surface area (Å²) >= 11 is 1.78. The smallest absolute Gasteiger partial charge is 0.185 e. The minimum absolute atomic E-state index is 0.459. The maximum atomic E-state index is 5.84. The lowest BCUT2D eigenvalue weighted by Crippen LogP contribution is -2.48. The first-order valence-corrected chi connectivity index (χ1v) is 8.03. The quantitative estimate of drug-likeness (QED) is 0.920. The van der Waals surface area contributed by atoms with E-state index in [-0.39, 0.29) is 0 Å². The molecule has 0 spiro atoms. The molecule has 2 heterocycles. The van der Waals surface area contributed by atoms with Crippen LogP contribution in [0.5, 0.6) is 0 Å². The van der Waals surface area contributed by atoms with Crippen molar-refractivity contribution in [3.05, 3.63) is 10.6 Å². The number of anilines is 1. The van der Waals surface area contributed by atoms with E-state index in [0.717, 1.165) is 31.3 Å². The maximum absolute atomic E-state index is 5.84. The fourth-order valence-electron chi connectivity index (χ4n) is 2.51. The Hall–Kier alpha value is -0.650. The van der Waals surface area contributed by atoms with Crippen molar-refractivity contribution in [1.29, 1.82) is 0 Å². The molecule has 5 heteroatoms. The average Bonchev–Trinajstić information content (AvgIpc) is 2.83. The molecule has 19 heavy (non-hydrogen) atoms. The Morgan fingerprint density at radius 1 is 1.16 bits per heavy atom. The van der Waals surface area contributed by atoms with Gasteiger partial charge >= 0.3 is 0 Å². The van der Waals surface area contributed by atoms with Crippen molar-refractivity contribution in [2.45, 2.75) is 46.2 Å². The highest BCUT2D eigenvalue weighted by molar-refractivity contribution is 7.15. The Balaban J connectivity index is 2.07. The molecular weight excluding hydrogens is 256 g/mol. The minimum atomic E-state index is 0.459. The highest BCUT2D eigenvalue weighted by Gasteiger charge is 2.22. The van der Waals surface area contributed by atoms with Gasteiger partial charge in [0.05, 0.1) is 5.69 Å². The van der Waals surface area contributed by atoms with Crippen LogP contribution in [0.1, 0.15) is 44.2 Å². The zero-order valence-corrected chi connectivity index (χ0v) is 13.3. The molecule has 0 aromatic carbocycles. The van der Waals surface area contributed by atoms with Crippen LogP contribution in [0.4, 0.5) is 5.13 Å². The van der Waals surface area contributed by atoms with Crippen molar-refractivity contribution in [1.82, 2.24) is 9.88 Å². The number of rotatable bonds is 4. The number of hydrogen-bond acceptors (Lipinski definition) is 5. The fraction of sp³-hybridized carbons (Fsp3) is 0.786. The molecule has 0 atom stereocenters. The number of thiazole rings is 1. The highest BCUT2D eigenvalue weighted by atomic mass is 32.1. The standard InChI is InChI=1S/C14H26N4S/c1-10(2)13-12(9-15)19-14(16-13)18-7-5-17(6-8-18)11(3)4/h10-11H,5-9,15H2,1-4H3. The van der Waals surface area contributed by atoms with Gasteiger partial charge in [-0.25, -0.2) is 4.98 Å². The maximum Gasteiger partial charge on any atom is 0.185 e. The molecule has 0 radical (unpaired) electrons. The Morgan fingerprint density at radius 3 is 2.21 bits per heavy atom. The van der Waals surface area contributed by atoms with E-state index in [9.17, 15) is 0 Å². The Labute approximate surface area is 120 Å². The van der Waals surface area contributed by atoms with Crippen LogP contribution >= 0.6 is 11.3 Å². The summed E-state index contributed by atoms with van der Waals surface area (Å²) in [6.45, 7) is 13.9. The van der Waals surface area contributed by atoms with Crippen molar-refractivity contribution in [3.63, 3.8) is 0 Å². The second-order valence-electron chi connectivity index (χ2n) is 5.78. The second kappa shape index (κ2) is 6.20. The lowest BCUT2D eigenvalue weighted by atomic mass is 10.1. The monoisotopic (exact) mass is 282 g/mol. The third-order valence-electron chi connectivity index (χ3n) is 3.76. The normalized spacial score (nSPS) is 17.7. The second-order valence-corrected chi connectivity index (χ2v) is 6.84. The molecule has 0 amide bonds. The van der Waals surface area contributed by atoms with Gasteiger partial charge in [0.1, 0.15) is 0 Å². The first-order chi connectivity index (χ1) is 9.02. The molecule has 0 bridgehead atoms. The topological polar surface area (TPSA) is 45.4 Å². The molecule has 1 saturated heterocycles. The van der Waals surface area contributed by atoms with Gasteiger partial charge in [-0.1, -0.05) is 13.8 Å². The van der Waals surface area contributed by atoms with Gasteiger partial charge in [-0.05, 0) is 19.8 Å². The zero-order valence-electron chi connectivity index (χ0n) is 12.5. The third-order valence-corrected chi connectivity index (χ3v) is 4.92. The van der Waals surface area contributed by atoms with Crippen LogP contribution in [0.25, 0.3) is 0 Å². The molecule has 108 valence electrons. The molecule has 1 aliphatic heterocycles. The van der Waals surface area contributed by atoms with Crippen LogP contribution < -0.4 is 10.6 Å². The van der Waals surface area contributed by atoms with Crippen LogP contribution in [0, 0.1) is 0 Å². The van der Waals surface area contributed by atoms with E-state index in [4.69, 9.17) is 10.7 Å². The summed E-state index contributed by atoms with van der Waals surface area (Å²) < 4.78 is 0. The predicted molar refractivity (Wildman–Crippen MR) is 83.0 cm³/mol. The van der Waals surface area contributed by atoms with E-state index >= 15 is 0 Å². The summed E-state index contributed by atoms with van der Waals surface area (Å²) in [5.74, 6) is 0.459. The Kier molecular flexibility index (Phi) is 4.81. The third kappa shape index (κ3) is 3.27. The Morgan fingerprint density at radius 2 is 1.79 bits per heavy atom. The van der Waals surface area contributed by atoms with Gasteiger partial charge in [-0.15, -0.1) is 11.3 Å². The van der Waals surface area contributed by atoms with Crippen molar-refractivity contribution >= 4 is 16.5 Å². The van der Waals surface area contributed by atoms with E-state index in [0.29, 0.717) is 18.5 Å². The molecule has 4 nitrogen and oxygen atoms in total. The van der Waals surface area contributed by atoms with Gasteiger partial charge in [0.2, 0.25) is 0 Å². The SMILES string of the molecule is CC(C)c1nc(N2CCN(C(C)C)CC2)sc1CN. The summed E-state index contributed by atoms with van der Waals surface area (Å²) in [5, 5.41) is 1.16. The van der Waals surface area contributed by atoms with Gasteiger partial charge in [-0.3, -0.25) is 4.90 Å². The van der Waals surface area contributed by atoms with Crippen LogP contribution in [-0.2, 0) is 6.54 Å². The summed E-state index contributed by atoms with van der Waals surface area (Å²) in [4.78, 5) is 11.0. The van der Waals surface area contributed by atoms with E-state index < -0.39 is 0 Å². The van der Waals surface area contributed by atoms with Crippen molar-refractivity contribution in [2.75, 3.05) is 31.1 Å². The lowest BCUT2D eigenvalue weighted by molar-refractivity contribution is 0.209. The van der Waals surface area contributed by atoms with Crippen LogP contribution in [0.15, 0.2) is 0 Å². The largest absolute Gasteiger partial charge is 0.346 e. The Bertz CT molecular complexity index is 406. The van der Waals surface area contributed by atoms with Crippen LogP contribution in [-0.4, -0.2) is 42.1 Å². The average molecular weight is 282 g/mol. The number of aromatic nitrogens is 1. The summed E-state index contributed by atoms with van der Waals surface area (Å²) in [6.07, 6.45) is 0. The summed E-state index contributed by atoms with van der Waals surface area (Å²) in [6, 6.07) is 0.643. The first kappa shape index (κ1) is 14.8. The van der Waals surface area contributed by atoms with E-state index in [1.54, 1.807) is 11.3 Å². The van der Waals surface area contributed by atoms with Gasteiger partial charge in [0.25, 0.3) is 0 Å². The number of nitrogens with two attached hydrogens (primary N) is 1. The first-order valence-electron chi connectivity index (χ1n) is 7.21. The molecule has 2 rings (SSSR count). The van der Waals surface area contributed by atoms with E-state index in [2.05, 4.69) is 37.5 Å². The summed E-state index contributed by atoms with van der Waals surface area (Å²) in [5.41, 5.74) is 7.03.